The van der Waals surface area contributed by atoms with Crippen molar-refractivity contribution in [1.82, 2.24) is 0 Å². The van der Waals surface area contributed by atoms with Gasteiger partial charge in [-0.15, -0.1) is 0 Å². The molecule has 0 saturated carbocycles. The summed E-state index contributed by atoms with van der Waals surface area (Å²) < 4.78 is 81.4. The predicted molar refractivity (Wildman–Crippen MR) is 89.3 cm³/mol. The van der Waals surface area contributed by atoms with Crippen LogP contribution in [0.1, 0.15) is 24.2 Å². The van der Waals surface area contributed by atoms with E-state index in [0.717, 1.165) is 18.2 Å². The molecule has 0 saturated heterocycles. The largest absolute Gasteiger partial charge is 0.463 e. The Hall–Kier alpha value is -2.88. The van der Waals surface area contributed by atoms with Gasteiger partial charge in [0.2, 0.25) is 34.8 Å². The lowest BCUT2D eigenvalue weighted by Crippen LogP contribution is -2.26. The van der Waals surface area contributed by atoms with Gasteiger partial charge in [0.25, 0.3) is 0 Å². The highest BCUT2D eigenvalue weighted by atomic mass is 35.5. The number of esters is 2. The maximum Gasteiger partial charge on any atom is 0.347 e. The first-order valence-corrected chi connectivity index (χ1v) is 8.32. The van der Waals surface area contributed by atoms with Gasteiger partial charge in [0, 0.05) is 0 Å². The van der Waals surface area contributed by atoms with Crippen LogP contribution >= 0.6 is 11.6 Å². The Morgan fingerprint density at radius 2 is 1.55 bits per heavy atom. The Morgan fingerprint density at radius 3 is 2.10 bits per heavy atom. The summed E-state index contributed by atoms with van der Waals surface area (Å²) in [5.41, 5.74) is -0.385. The molecule has 0 amide bonds. The van der Waals surface area contributed by atoms with Crippen LogP contribution in [-0.2, 0) is 14.3 Å². The molecule has 1 atom stereocenters. The van der Waals surface area contributed by atoms with Crippen LogP contribution in [0.5, 0.6) is 11.5 Å². The smallest absolute Gasteiger partial charge is 0.347 e. The Morgan fingerprint density at radius 1 is 1.00 bits per heavy atom. The van der Waals surface area contributed by atoms with Crippen molar-refractivity contribution in [3.05, 3.63) is 57.9 Å². The zero-order valence-electron chi connectivity index (χ0n) is 14.8. The molecule has 0 radical (unpaired) electrons. The van der Waals surface area contributed by atoms with Crippen molar-refractivity contribution in [3.63, 3.8) is 0 Å². The van der Waals surface area contributed by atoms with Gasteiger partial charge < -0.3 is 14.2 Å². The second-order valence-electron chi connectivity index (χ2n) is 5.44. The predicted octanol–water partition coefficient (Wildman–Crippen LogP) is 4.94. The SMILES string of the molecule is CCOC(=O)C(C)OC(=O)c1cc(Oc2c(F)c(F)c(F)c(F)c2F)ccc1Cl. The second-order valence-corrected chi connectivity index (χ2v) is 5.85. The number of carbonyl (C=O) groups excluding carboxylic acids is 2. The molecule has 0 bridgehead atoms. The van der Waals surface area contributed by atoms with Crippen molar-refractivity contribution < 1.29 is 45.8 Å². The number of hydrogen-bond acceptors (Lipinski definition) is 5. The molecule has 0 aromatic heterocycles. The molecule has 156 valence electrons. The second kappa shape index (κ2) is 9.08. The number of ether oxygens (including phenoxy) is 3. The van der Waals surface area contributed by atoms with Crippen molar-refractivity contribution >= 4 is 23.5 Å². The first-order valence-electron chi connectivity index (χ1n) is 7.94. The minimum Gasteiger partial charge on any atom is -0.463 e. The van der Waals surface area contributed by atoms with Crippen molar-refractivity contribution in [3.8, 4) is 11.5 Å². The van der Waals surface area contributed by atoms with Gasteiger partial charge in [0.05, 0.1) is 17.2 Å². The quantitative estimate of drug-likeness (QED) is 0.277. The molecule has 0 aliphatic heterocycles. The van der Waals surface area contributed by atoms with Crippen LogP contribution in [0.3, 0.4) is 0 Å². The maximum absolute atomic E-state index is 13.7. The van der Waals surface area contributed by atoms with Gasteiger partial charge in [-0.1, -0.05) is 11.6 Å². The Balaban J connectivity index is 2.33. The molecule has 1 unspecified atom stereocenters. The van der Waals surface area contributed by atoms with Crippen LogP contribution in [-0.4, -0.2) is 24.6 Å². The average Bonchev–Trinajstić information content (AvgIpc) is 2.69. The Bertz CT molecular complexity index is 937. The molecular formula is C18H12ClF5O5. The minimum atomic E-state index is -2.35. The number of halogens is 6. The standard InChI is InChI=1S/C18H12ClF5O5/c1-3-27-17(25)7(2)28-18(26)9-6-8(4-5-10(9)19)29-16-14(23)12(21)11(20)13(22)15(16)24/h4-7H,3H2,1-2H3. The van der Waals surface area contributed by atoms with Crippen LogP contribution in [0.15, 0.2) is 18.2 Å². The summed E-state index contributed by atoms with van der Waals surface area (Å²) in [4.78, 5) is 23.7. The monoisotopic (exact) mass is 438 g/mol. The summed E-state index contributed by atoms with van der Waals surface area (Å²) >= 11 is 5.86. The van der Waals surface area contributed by atoms with Gasteiger partial charge in [0.1, 0.15) is 5.75 Å². The molecule has 0 fully saturated rings. The highest BCUT2D eigenvalue weighted by Crippen LogP contribution is 2.34. The van der Waals surface area contributed by atoms with Crippen molar-refractivity contribution in [2.75, 3.05) is 6.61 Å². The van der Waals surface area contributed by atoms with E-state index in [1.54, 1.807) is 6.92 Å². The first kappa shape index (κ1) is 22.4. The van der Waals surface area contributed by atoms with E-state index in [1.807, 2.05) is 0 Å². The Kier molecular flexibility index (Phi) is 7.02. The lowest BCUT2D eigenvalue weighted by atomic mass is 10.2. The van der Waals surface area contributed by atoms with E-state index in [2.05, 4.69) is 4.74 Å². The molecule has 2 aromatic rings. The normalized spacial score (nSPS) is 11.7. The third kappa shape index (κ3) is 4.76. The summed E-state index contributed by atoms with van der Waals surface area (Å²) in [6.07, 6.45) is -1.29. The van der Waals surface area contributed by atoms with E-state index in [0.29, 0.717) is 0 Å². The van der Waals surface area contributed by atoms with E-state index < -0.39 is 58.6 Å². The van der Waals surface area contributed by atoms with Crippen LogP contribution in [0.2, 0.25) is 5.02 Å². The lowest BCUT2D eigenvalue weighted by molar-refractivity contribution is -0.152. The van der Waals surface area contributed by atoms with Crippen LogP contribution in [0, 0.1) is 29.1 Å². The highest BCUT2D eigenvalue weighted by Gasteiger charge is 2.28. The van der Waals surface area contributed by atoms with E-state index >= 15 is 0 Å². The van der Waals surface area contributed by atoms with Crippen molar-refractivity contribution in [2.24, 2.45) is 0 Å². The van der Waals surface area contributed by atoms with E-state index in [-0.39, 0.29) is 17.2 Å². The summed E-state index contributed by atoms with van der Waals surface area (Å²) in [6.45, 7) is 2.83. The summed E-state index contributed by atoms with van der Waals surface area (Å²) in [5.74, 6) is -15.1. The third-order valence-electron chi connectivity index (χ3n) is 3.45. The molecule has 0 aliphatic carbocycles. The average molecular weight is 439 g/mol. The van der Waals surface area contributed by atoms with Crippen LogP contribution in [0.4, 0.5) is 22.0 Å². The van der Waals surface area contributed by atoms with Crippen LogP contribution < -0.4 is 4.74 Å². The minimum absolute atomic E-state index is 0.0483. The fraction of sp³-hybridized carbons (Fsp3) is 0.222. The molecule has 5 nitrogen and oxygen atoms in total. The molecule has 0 N–H and O–H groups in total. The molecule has 0 heterocycles. The maximum atomic E-state index is 13.7. The van der Waals surface area contributed by atoms with Crippen LogP contribution in [0.25, 0.3) is 0 Å². The fourth-order valence-corrected chi connectivity index (χ4v) is 2.24. The van der Waals surface area contributed by atoms with Crippen molar-refractivity contribution in [1.29, 1.82) is 0 Å². The molecule has 0 aliphatic rings. The topological polar surface area (TPSA) is 61.8 Å². The summed E-state index contributed by atoms with van der Waals surface area (Å²) in [7, 11) is 0. The summed E-state index contributed by atoms with van der Waals surface area (Å²) in [6, 6.07) is 2.93. The number of carbonyl (C=O) groups is 2. The van der Waals surface area contributed by atoms with Gasteiger partial charge in [0.15, 0.2) is 6.10 Å². The number of benzene rings is 2. The van der Waals surface area contributed by atoms with Gasteiger partial charge >= 0.3 is 11.9 Å². The number of hydrogen-bond donors (Lipinski definition) is 0. The number of rotatable bonds is 6. The molecule has 29 heavy (non-hydrogen) atoms. The van der Waals surface area contributed by atoms with Crippen molar-refractivity contribution in [2.45, 2.75) is 20.0 Å². The highest BCUT2D eigenvalue weighted by molar-refractivity contribution is 6.33. The van der Waals surface area contributed by atoms with E-state index in [4.69, 9.17) is 21.1 Å². The van der Waals surface area contributed by atoms with E-state index in [9.17, 15) is 31.5 Å². The zero-order valence-corrected chi connectivity index (χ0v) is 15.6. The van der Waals surface area contributed by atoms with E-state index in [1.165, 1.54) is 6.92 Å². The molecular weight excluding hydrogens is 427 g/mol. The Labute approximate surface area is 165 Å². The lowest BCUT2D eigenvalue weighted by Gasteiger charge is -2.14. The summed E-state index contributed by atoms with van der Waals surface area (Å²) in [5, 5.41) is -0.184. The molecule has 11 heteroatoms. The molecule has 0 spiro atoms. The molecule has 2 rings (SSSR count). The first-order chi connectivity index (χ1) is 13.6. The van der Waals surface area contributed by atoms with Gasteiger partial charge in [-0.05, 0) is 32.0 Å². The van der Waals surface area contributed by atoms with Gasteiger partial charge in [-0.3, -0.25) is 0 Å². The third-order valence-corrected chi connectivity index (χ3v) is 3.78. The molecule has 2 aromatic carbocycles. The fourth-order valence-electron chi connectivity index (χ4n) is 2.05. The van der Waals surface area contributed by atoms with Gasteiger partial charge in [-0.2, -0.15) is 8.78 Å². The zero-order chi connectivity index (χ0) is 21.9. The van der Waals surface area contributed by atoms with Gasteiger partial charge in [-0.25, -0.2) is 22.8 Å².